The van der Waals surface area contributed by atoms with Gasteiger partial charge < -0.3 is 4.90 Å². The van der Waals surface area contributed by atoms with E-state index in [1.54, 1.807) is 0 Å². The molecular formula is C7H17N. The highest BCUT2D eigenvalue weighted by molar-refractivity contribution is 4.50. The van der Waals surface area contributed by atoms with Crippen LogP contribution in [0.2, 0.25) is 0 Å². The molecule has 0 amide bonds. The molecule has 0 saturated heterocycles. The lowest BCUT2D eigenvalue weighted by molar-refractivity contribution is -0.861. The van der Waals surface area contributed by atoms with Crippen LogP contribution in [0, 0.1) is 13.0 Å². The first kappa shape index (κ1) is 7.96. The fourth-order valence-corrected chi connectivity index (χ4v) is 0.569. The highest BCUT2D eigenvalue weighted by Crippen LogP contribution is 1.93. The summed E-state index contributed by atoms with van der Waals surface area (Å²) in [6.45, 7) is 6.66. The second kappa shape index (κ2) is 3.08. The highest BCUT2D eigenvalue weighted by Gasteiger charge is 2.07. The largest absolute Gasteiger partial charge is 0.468 e. The minimum Gasteiger partial charge on any atom is -0.468 e. The zero-order valence-electron chi connectivity index (χ0n) is 6.36. The first-order valence-corrected chi connectivity index (χ1v) is 3.21. The van der Waals surface area contributed by atoms with Crippen molar-refractivity contribution in [2.75, 3.05) is 7.05 Å². The van der Waals surface area contributed by atoms with Crippen LogP contribution < -0.4 is 4.90 Å². The van der Waals surface area contributed by atoms with Gasteiger partial charge in [-0.2, -0.15) is 7.05 Å². The Labute approximate surface area is 52.7 Å². The summed E-state index contributed by atoms with van der Waals surface area (Å²) in [5.41, 5.74) is 0. The summed E-state index contributed by atoms with van der Waals surface area (Å²) >= 11 is 0. The maximum Gasteiger partial charge on any atom is 0.0627 e. The lowest BCUT2D eigenvalue weighted by Gasteiger charge is -2.26. The minimum atomic E-state index is 0.676. The molecule has 2 atom stereocenters. The second-order valence-electron chi connectivity index (χ2n) is 2.88. The molecule has 0 aromatic rings. The third-order valence-electron chi connectivity index (χ3n) is 1.78. The van der Waals surface area contributed by atoms with Gasteiger partial charge in [-0.05, 0) is 6.92 Å². The van der Waals surface area contributed by atoms with Gasteiger partial charge in [0.25, 0.3) is 0 Å². The van der Waals surface area contributed by atoms with Gasteiger partial charge in [-0.15, -0.1) is 0 Å². The zero-order chi connectivity index (χ0) is 6.73. The van der Waals surface area contributed by atoms with Gasteiger partial charge in [0.05, 0.1) is 6.04 Å². The normalized spacial score (nSPS) is 18.8. The molecule has 0 rings (SSSR count). The summed E-state index contributed by atoms with van der Waals surface area (Å²) in [7, 11) is 5.96. The molecule has 0 aromatic carbocycles. The Balaban J connectivity index is 3.46. The molecule has 2 unspecified atom stereocenters. The summed E-state index contributed by atoms with van der Waals surface area (Å²) in [6, 6.07) is 0.676. The molecule has 1 heteroatoms. The molecule has 0 aromatic heterocycles. The van der Waals surface area contributed by atoms with Crippen molar-refractivity contribution in [2.24, 2.45) is 5.92 Å². The molecule has 0 aliphatic carbocycles. The van der Waals surface area contributed by atoms with Gasteiger partial charge in [0.2, 0.25) is 0 Å². The quantitative estimate of drug-likeness (QED) is 0.495. The van der Waals surface area contributed by atoms with E-state index in [1.807, 2.05) is 0 Å². The molecule has 0 heterocycles. The fraction of sp³-hybridized carbons (Fsp3) is 0.857. The van der Waals surface area contributed by atoms with Crippen LogP contribution in [0.15, 0.2) is 0 Å². The van der Waals surface area contributed by atoms with E-state index in [0.717, 1.165) is 5.92 Å². The fourth-order valence-electron chi connectivity index (χ4n) is 0.569. The van der Waals surface area contributed by atoms with E-state index < -0.39 is 0 Å². The molecule has 0 bridgehead atoms. The van der Waals surface area contributed by atoms with E-state index in [9.17, 15) is 0 Å². The van der Waals surface area contributed by atoms with Crippen LogP contribution >= 0.6 is 0 Å². The van der Waals surface area contributed by atoms with Gasteiger partial charge in [0, 0.05) is 13.0 Å². The maximum absolute atomic E-state index is 3.88. The van der Waals surface area contributed by atoms with Gasteiger partial charge in [-0.1, -0.05) is 13.8 Å². The van der Waals surface area contributed by atoms with E-state index >= 15 is 0 Å². The van der Waals surface area contributed by atoms with Crippen molar-refractivity contribution in [2.45, 2.75) is 26.8 Å². The van der Waals surface area contributed by atoms with Crippen LogP contribution in [0.25, 0.3) is 0 Å². The molecule has 0 aliphatic rings. The van der Waals surface area contributed by atoms with Gasteiger partial charge >= 0.3 is 0 Å². The Morgan fingerprint density at radius 3 is 1.62 bits per heavy atom. The molecule has 0 spiro atoms. The average Bonchev–Trinajstić information content (AvgIpc) is 1.64. The Kier molecular flexibility index (Phi) is 3.06. The zero-order valence-corrected chi connectivity index (χ0v) is 6.36. The average molecular weight is 115 g/mol. The monoisotopic (exact) mass is 115 g/mol. The van der Waals surface area contributed by atoms with E-state index in [4.69, 9.17) is 0 Å². The Hall–Kier alpha value is -0.0400. The summed E-state index contributed by atoms with van der Waals surface area (Å²) in [5, 5.41) is 0. The lowest BCUT2D eigenvalue weighted by Crippen LogP contribution is -3.08. The second-order valence-corrected chi connectivity index (χ2v) is 2.88. The molecule has 0 saturated carbocycles. The third kappa shape index (κ3) is 2.31. The summed E-state index contributed by atoms with van der Waals surface area (Å²) in [5.74, 6) is 0.743. The highest BCUT2D eigenvalue weighted by atomic mass is 15.1. The van der Waals surface area contributed by atoms with Crippen molar-refractivity contribution < 1.29 is 4.90 Å². The number of quaternary nitrogens is 1. The van der Waals surface area contributed by atoms with Crippen molar-refractivity contribution >= 4 is 0 Å². The van der Waals surface area contributed by atoms with Crippen LogP contribution in [0.4, 0.5) is 0 Å². The summed E-state index contributed by atoms with van der Waals surface area (Å²) < 4.78 is 0. The van der Waals surface area contributed by atoms with E-state index in [0.29, 0.717) is 6.04 Å². The summed E-state index contributed by atoms with van der Waals surface area (Å²) in [6.07, 6.45) is 0. The molecule has 1 N–H and O–H groups in total. The van der Waals surface area contributed by atoms with Crippen molar-refractivity contribution in [3.05, 3.63) is 7.05 Å². The topological polar surface area (TPSA) is 4.44 Å². The molecule has 0 radical (unpaired) electrons. The number of nitrogens with one attached hydrogen (secondary N) is 1. The molecule has 0 fully saturated rings. The van der Waals surface area contributed by atoms with Gasteiger partial charge in [0.1, 0.15) is 0 Å². The SMILES string of the molecule is [CH2-][NH+](C)C(C)C(C)C. The van der Waals surface area contributed by atoms with Crippen LogP contribution in [-0.2, 0) is 0 Å². The van der Waals surface area contributed by atoms with Crippen LogP contribution in [0.1, 0.15) is 20.8 Å². The molecule has 8 heavy (non-hydrogen) atoms. The van der Waals surface area contributed by atoms with Crippen molar-refractivity contribution in [1.29, 1.82) is 0 Å². The van der Waals surface area contributed by atoms with Crippen LogP contribution in [-0.4, -0.2) is 13.1 Å². The first-order valence-electron chi connectivity index (χ1n) is 3.21. The smallest absolute Gasteiger partial charge is 0.0627 e. The van der Waals surface area contributed by atoms with E-state index in [-0.39, 0.29) is 0 Å². The van der Waals surface area contributed by atoms with Crippen LogP contribution in [0.5, 0.6) is 0 Å². The maximum atomic E-state index is 3.88. The van der Waals surface area contributed by atoms with E-state index in [2.05, 4.69) is 34.9 Å². The number of hydrogen-bond donors (Lipinski definition) is 1. The number of rotatable bonds is 2. The number of hydrogen-bond acceptors (Lipinski definition) is 0. The van der Waals surface area contributed by atoms with Gasteiger partial charge in [-0.3, -0.25) is 0 Å². The van der Waals surface area contributed by atoms with Gasteiger partial charge in [-0.25, -0.2) is 0 Å². The Bertz CT molecular complexity index is 49.4. The standard InChI is InChI=1S/C7H17N/c1-6(2)7(3)8(4)5/h6-8H,4H2,1-3,5H3. The predicted molar refractivity (Wildman–Crippen MR) is 36.5 cm³/mol. The van der Waals surface area contributed by atoms with E-state index in [1.165, 1.54) is 4.90 Å². The van der Waals surface area contributed by atoms with Gasteiger partial charge in [0.15, 0.2) is 0 Å². The third-order valence-corrected chi connectivity index (χ3v) is 1.78. The minimum absolute atomic E-state index is 0.676. The Morgan fingerprint density at radius 2 is 1.62 bits per heavy atom. The molecule has 50 valence electrons. The summed E-state index contributed by atoms with van der Waals surface area (Å²) in [4.78, 5) is 1.29. The molecule has 0 aliphatic heterocycles. The molecular weight excluding hydrogens is 98.1 g/mol. The molecule has 1 nitrogen and oxygen atoms in total. The predicted octanol–water partition coefficient (Wildman–Crippen LogP) is 0.337. The van der Waals surface area contributed by atoms with Crippen molar-refractivity contribution in [1.82, 2.24) is 0 Å². The lowest BCUT2D eigenvalue weighted by atomic mass is 10.1. The Morgan fingerprint density at radius 1 is 1.25 bits per heavy atom. The van der Waals surface area contributed by atoms with Crippen LogP contribution in [0.3, 0.4) is 0 Å². The van der Waals surface area contributed by atoms with Crippen molar-refractivity contribution in [3.63, 3.8) is 0 Å². The first-order chi connectivity index (χ1) is 3.55. The van der Waals surface area contributed by atoms with Crippen molar-refractivity contribution in [3.8, 4) is 0 Å².